The molecule has 0 aromatic heterocycles. The van der Waals surface area contributed by atoms with E-state index in [1.807, 2.05) is 26.0 Å². The largest absolute Gasteiger partial charge is 0.348 e. The van der Waals surface area contributed by atoms with Crippen LogP contribution in [0.3, 0.4) is 0 Å². The third-order valence-corrected chi connectivity index (χ3v) is 5.44. The lowest BCUT2D eigenvalue weighted by atomic mass is 9.93. The van der Waals surface area contributed by atoms with Crippen LogP contribution in [-0.4, -0.2) is 25.8 Å². The Labute approximate surface area is 134 Å². The Balaban J connectivity index is 2.97. The molecular formula is C17H27NO3S. The van der Waals surface area contributed by atoms with Crippen LogP contribution in [0.5, 0.6) is 0 Å². The van der Waals surface area contributed by atoms with Crippen molar-refractivity contribution in [3.8, 4) is 0 Å². The number of hydrogen-bond acceptors (Lipinski definition) is 3. The van der Waals surface area contributed by atoms with Crippen molar-refractivity contribution in [3.05, 3.63) is 35.4 Å². The molecule has 4 nitrogen and oxygen atoms in total. The van der Waals surface area contributed by atoms with Gasteiger partial charge in [-0.3, -0.25) is 4.79 Å². The first kappa shape index (κ1) is 18.7. The highest BCUT2D eigenvalue weighted by Crippen LogP contribution is 2.24. The fourth-order valence-electron chi connectivity index (χ4n) is 2.19. The molecule has 2 unspecified atom stereocenters. The van der Waals surface area contributed by atoms with Crippen LogP contribution in [0, 0.1) is 5.92 Å². The molecule has 0 aliphatic rings. The molecule has 0 radical (unpaired) electrons. The minimum Gasteiger partial charge on any atom is -0.348 e. The zero-order valence-corrected chi connectivity index (χ0v) is 15.1. The molecule has 1 aromatic carbocycles. The van der Waals surface area contributed by atoms with Crippen molar-refractivity contribution in [1.29, 1.82) is 0 Å². The first-order valence-electron chi connectivity index (χ1n) is 7.63. The van der Waals surface area contributed by atoms with E-state index in [1.165, 1.54) is 12.5 Å². The highest BCUT2D eigenvalue weighted by atomic mass is 32.2. The minimum absolute atomic E-state index is 0.167. The van der Waals surface area contributed by atoms with E-state index in [1.54, 1.807) is 0 Å². The summed E-state index contributed by atoms with van der Waals surface area (Å²) >= 11 is 0. The van der Waals surface area contributed by atoms with Crippen LogP contribution in [-0.2, 0) is 14.6 Å². The third kappa shape index (κ3) is 4.83. The summed E-state index contributed by atoms with van der Waals surface area (Å²) in [6.07, 6.45) is 1.08. The quantitative estimate of drug-likeness (QED) is 0.874. The molecular weight excluding hydrogens is 298 g/mol. The summed E-state index contributed by atoms with van der Waals surface area (Å²) in [7, 11) is -3.39. The van der Waals surface area contributed by atoms with Crippen molar-refractivity contribution in [2.24, 2.45) is 5.92 Å². The molecule has 1 N–H and O–H groups in total. The highest BCUT2D eigenvalue weighted by Gasteiger charge is 2.27. The standard InChI is InChI=1S/C17H27NO3S/c1-11(2)14-7-9-15(10-8-14)16(12(3)4)18-17(19)13(5)22(6,20)21/h7-13,16H,1-6H3,(H,18,19). The fraction of sp³-hybridized carbons (Fsp3) is 0.588. The summed E-state index contributed by atoms with van der Waals surface area (Å²) in [6, 6.07) is 7.93. The maximum Gasteiger partial charge on any atom is 0.238 e. The van der Waals surface area contributed by atoms with E-state index in [0.29, 0.717) is 5.92 Å². The molecule has 0 fully saturated rings. The molecule has 0 heterocycles. The SMILES string of the molecule is CC(C)c1ccc(C(NC(=O)C(C)S(C)(=O)=O)C(C)C)cc1. The van der Waals surface area contributed by atoms with Gasteiger partial charge < -0.3 is 5.32 Å². The second-order valence-corrected chi connectivity index (χ2v) is 8.89. The number of amides is 1. The minimum atomic E-state index is -3.39. The smallest absolute Gasteiger partial charge is 0.238 e. The molecule has 5 heteroatoms. The molecule has 1 aromatic rings. The van der Waals surface area contributed by atoms with E-state index in [4.69, 9.17) is 0 Å². The second-order valence-electron chi connectivity index (χ2n) is 6.52. The van der Waals surface area contributed by atoms with E-state index < -0.39 is 21.0 Å². The summed E-state index contributed by atoms with van der Waals surface area (Å²) in [5.74, 6) is 0.168. The van der Waals surface area contributed by atoms with E-state index in [9.17, 15) is 13.2 Å². The Morgan fingerprint density at radius 1 is 0.955 bits per heavy atom. The maximum absolute atomic E-state index is 12.2. The number of rotatable bonds is 6. The molecule has 0 saturated carbocycles. The zero-order valence-electron chi connectivity index (χ0n) is 14.3. The molecule has 2 atom stereocenters. The number of carbonyl (C=O) groups is 1. The van der Waals surface area contributed by atoms with Gasteiger partial charge in [0.1, 0.15) is 5.25 Å². The second kappa shape index (κ2) is 7.27. The summed E-state index contributed by atoms with van der Waals surface area (Å²) in [4.78, 5) is 12.2. The summed E-state index contributed by atoms with van der Waals surface area (Å²) in [5.41, 5.74) is 2.23. The Bertz CT molecular complexity index is 603. The molecule has 0 bridgehead atoms. The van der Waals surface area contributed by atoms with Crippen LogP contribution in [0.2, 0.25) is 0 Å². The Morgan fingerprint density at radius 3 is 1.77 bits per heavy atom. The summed E-state index contributed by atoms with van der Waals surface area (Å²) < 4.78 is 23.0. The molecule has 0 aliphatic heterocycles. The van der Waals surface area contributed by atoms with Gasteiger partial charge in [0.15, 0.2) is 9.84 Å². The van der Waals surface area contributed by atoms with E-state index in [-0.39, 0.29) is 12.0 Å². The molecule has 0 aliphatic carbocycles. The average Bonchev–Trinajstić information content (AvgIpc) is 2.42. The average molecular weight is 325 g/mol. The Morgan fingerprint density at radius 2 is 1.41 bits per heavy atom. The van der Waals surface area contributed by atoms with Gasteiger partial charge in [0, 0.05) is 6.26 Å². The highest BCUT2D eigenvalue weighted by molar-refractivity contribution is 7.92. The van der Waals surface area contributed by atoms with Crippen molar-refractivity contribution in [2.45, 2.75) is 51.8 Å². The van der Waals surface area contributed by atoms with E-state index >= 15 is 0 Å². The van der Waals surface area contributed by atoms with Gasteiger partial charge in [-0.05, 0) is 29.9 Å². The number of benzene rings is 1. The van der Waals surface area contributed by atoms with E-state index in [0.717, 1.165) is 11.8 Å². The van der Waals surface area contributed by atoms with Crippen LogP contribution in [0.25, 0.3) is 0 Å². The summed E-state index contributed by atoms with van der Waals surface area (Å²) in [5, 5.41) is 1.83. The van der Waals surface area contributed by atoms with Crippen molar-refractivity contribution in [1.82, 2.24) is 5.32 Å². The number of nitrogens with one attached hydrogen (secondary N) is 1. The number of carbonyl (C=O) groups excluding carboxylic acids is 1. The lowest BCUT2D eigenvalue weighted by molar-refractivity contribution is -0.121. The first-order chi connectivity index (χ1) is 10.0. The lowest BCUT2D eigenvalue weighted by Gasteiger charge is -2.25. The normalized spacial score (nSPS) is 14.9. The van der Waals surface area contributed by atoms with E-state index in [2.05, 4.69) is 31.3 Å². The maximum atomic E-state index is 12.2. The van der Waals surface area contributed by atoms with Crippen molar-refractivity contribution in [2.75, 3.05) is 6.26 Å². The van der Waals surface area contributed by atoms with Crippen LogP contribution >= 0.6 is 0 Å². The van der Waals surface area contributed by atoms with Crippen LogP contribution < -0.4 is 5.32 Å². The van der Waals surface area contributed by atoms with Crippen LogP contribution in [0.15, 0.2) is 24.3 Å². The van der Waals surface area contributed by atoms with Crippen LogP contribution in [0.1, 0.15) is 57.7 Å². The van der Waals surface area contributed by atoms with Gasteiger partial charge in [0.05, 0.1) is 6.04 Å². The number of sulfone groups is 1. The molecule has 124 valence electrons. The van der Waals surface area contributed by atoms with Gasteiger partial charge >= 0.3 is 0 Å². The van der Waals surface area contributed by atoms with Crippen molar-refractivity contribution < 1.29 is 13.2 Å². The fourth-order valence-corrected chi connectivity index (χ4v) is 2.65. The van der Waals surface area contributed by atoms with Gasteiger partial charge in [0.2, 0.25) is 5.91 Å². The van der Waals surface area contributed by atoms with Gasteiger partial charge in [-0.15, -0.1) is 0 Å². The van der Waals surface area contributed by atoms with Crippen molar-refractivity contribution in [3.63, 3.8) is 0 Å². The first-order valence-corrected chi connectivity index (χ1v) is 9.58. The lowest BCUT2D eigenvalue weighted by Crippen LogP contribution is -2.41. The third-order valence-electron chi connectivity index (χ3n) is 3.94. The monoisotopic (exact) mass is 325 g/mol. The van der Waals surface area contributed by atoms with Gasteiger partial charge in [-0.2, -0.15) is 0 Å². The molecule has 1 amide bonds. The zero-order chi connectivity index (χ0) is 17.1. The van der Waals surface area contributed by atoms with Crippen molar-refractivity contribution >= 4 is 15.7 Å². The topological polar surface area (TPSA) is 63.2 Å². The van der Waals surface area contributed by atoms with Gasteiger partial charge in [0.25, 0.3) is 0 Å². The Kier molecular flexibility index (Phi) is 6.17. The van der Waals surface area contributed by atoms with Gasteiger partial charge in [-0.25, -0.2) is 8.42 Å². The number of hydrogen-bond donors (Lipinski definition) is 1. The summed E-state index contributed by atoms with van der Waals surface area (Å²) in [6.45, 7) is 9.69. The van der Waals surface area contributed by atoms with Crippen LogP contribution in [0.4, 0.5) is 0 Å². The predicted octanol–water partition coefficient (Wildman–Crippen LogP) is 3.06. The molecule has 1 rings (SSSR count). The molecule has 0 spiro atoms. The molecule has 0 saturated heterocycles. The Hall–Kier alpha value is -1.36. The predicted molar refractivity (Wildman–Crippen MR) is 90.6 cm³/mol. The molecule has 22 heavy (non-hydrogen) atoms. The van der Waals surface area contributed by atoms with Gasteiger partial charge in [-0.1, -0.05) is 52.0 Å².